The molecule has 1 saturated heterocycles. The van der Waals surface area contributed by atoms with E-state index in [9.17, 15) is 8.42 Å². The quantitative estimate of drug-likeness (QED) is 0.880. The number of hydrogen-bond donors (Lipinski definition) is 1. The van der Waals surface area contributed by atoms with Gasteiger partial charge in [0.25, 0.3) is 0 Å². The van der Waals surface area contributed by atoms with Crippen molar-refractivity contribution < 1.29 is 13.3 Å². The molecule has 0 atom stereocenters. The average molecular weight is 360 g/mol. The summed E-state index contributed by atoms with van der Waals surface area (Å²) in [5, 5.41) is 0. The van der Waals surface area contributed by atoms with Gasteiger partial charge < -0.3 is 4.90 Å². The number of benzene rings is 2. The number of piperazine rings is 1. The van der Waals surface area contributed by atoms with E-state index in [2.05, 4.69) is 32.0 Å². The molecule has 1 aliphatic rings. The highest BCUT2D eigenvalue weighted by Gasteiger charge is 2.29. The van der Waals surface area contributed by atoms with E-state index in [0.29, 0.717) is 13.1 Å². The predicted molar refractivity (Wildman–Crippen MR) is 101 cm³/mol. The van der Waals surface area contributed by atoms with E-state index in [1.807, 2.05) is 30.3 Å². The molecule has 1 heterocycles. The normalized spacial score (nSPS) is 16.9. The van der Waals surface area contributed by atoms with E-state index in [1.54, 1.807) is 4.31 Å². The summed E-state index contributed by atoms with van der Waals surface area (Å²) in [6.45, 7) is 8.15. The van der Waals surface area contributed by atoms with Crippen molar-refractivity contribution in [2.24, 2.45) is 0 Å². The van der Waals surface area contributed by atoms with Crippen LogP contribution in [-0.4, -0.2) is 38.9 Å². The van der Waals surface area contributed by atoms with Crippen molar-refractivity contribution in [2.45, 2.75) is 26.1 Å². The van der Waals surface area contributed by atoms with E-state index < -0.39 is 10.0 Å². The molecule has 0 unspecified atom stereocenters. The molecule has 1 N–H and O–H groups in total. The standard InChI is InChI=1S/C20H26N2O2S/c1-17-12-18(2)14-20(13-17)15-21-8-10-22(11-9-21)25(23,24)16-19-6-4-3-5-7-19/h3-7,12-14H,8-11,15-16H2,1-2H3/p+1. The van der Waals surface area contributed by atoms with Crippen molar-refractivity contribution in [2.75, 3.05) is 26.2 Å². The second-order valence-corrected chi connectivity index (χ2v) is 9.03. The highest BCUT2D eigenvalue weighted by atomic mass is 32.2. The van der Waals surface area contributed by atoms with E-state index in [4.69, 9.17) is 0 Å². The summed E-state index contributed by atoms with van der Waals surface area (Å²) in [6, 6.07) is 16.1. The topological polar surface area (TPSA) is 41.8 Å². The van der Waals surface area contributed by atoms with Crippen LogP contribution in [0.15, 0.2) is 48.5 Å². The number of quaternary nitrogens is 1. The van der Waals surface area contributed by atoms with E-state index in [0.717, 1.165) is 25.2 Å². The van der Waals surface area contributed by atoms with Crippen LogP contribution in [0.3, 0.4) is 0 Å². The van der Waals surface area contributed by atoms with Crippen molar-refractivity contribution in [1.82, 2.24) is 4.31 Å². The Bertz CT molecular complexity index is 791. The van der Waals surface area contributed by atoms with Gasteiger partial charge in [-0.2, -0.15) is 4.31 Å². The fourth-order valence-electron chi connectivity index (χ4n) is 3.59. The second kappa shape index (κ2) is 7.68. The van der Waals surface area contributed by atoms with Crippen LogP contribution in [0.4, 0.5) is 0 Å². The predicted octanol–water partition coefficient (Wildman–Crippen LogP) is 1.53. The number of sulfonamides is 1. The molecule has 134 valence electrons. The summed E-state index contributed by atoms with van der Waals surface area (Å²) >= 11 is 0. The molecule has 0 aromatic heterocycles. The van der Waals surface area contributed by atoms with Crippen LogP contribution in [0.1, 0.15) is 22.3 Å². The summed E-state index contributed by atoms with van der Waals surface area (Å²) in [4.78, 5) is 1.45. The number of aryl methyl sites for hydroxylation is 2. The molecule has 0 saturated carbocycles. The third kappa shape index (κ3) is 4.91. The monoisotopic (exact) mass is 359 g/mol. The molecule has 0 amide bonds. The summed E-state index contributed by atoms with van der Waals surface area (Å²) < 4.78 is 26.9. The molecule has 0 bridgehead atoms. The smallest absolute Gasteiger partial charge is 0.218 e. The van der Waals surface area contributed by atoms with Crippen LogP contribution in [-0.2, 0) is 22.3 Å². The molecule has 1 fully saturated rings. The van der Waals surface area contributed by atoms with Crippen molar-refractivity contribution in [3.8, 4) is 0 Å². The van der Waals surface area contributed by atoms with Gasteiger partial charge in [0.05, 0.1) is 31.9 Å². The van der Waals surface area contributed by atoms with Gasteiger partial charge in [-0.1, -0.05) is 59.7 Å². The summed E-state index contributed by atoms with van der Waals surface area (Å²) in [7, 11) is -3.23. The van der Waals surface area contributed by atoms with Gasteiger partial charge in [0, 0.05) is 5.56 Å². The maximum atomic E-state index is 12.6. The van der Waals surface area contributed by atoms with Crippen LogP contribution in [0.5, 0.6) is 0 Å². The number of nitrogens with one attached hydrogen (secondary N) is 1. The molecule has 2 aromatic carbocycles. The molecule has 3 rings (SSSR count). The first-order chi connectivity index (χ1) is 11.9. The van der Waals surface area contributed by atoms with Gasteiger partial charge in [0.1, 0.15) is 6.54 Å². The Kier molecular flexibility index (Phi) is 5.57. The molecule has 0 spiro atoms. The lowest BCUT2D eigenvalue weighted by Crippen LogP contribution is -3.13. The maximum absolute atomic E-state index is 12.6. The van der Waals surface area contributed by atoms with Gasteiger partial charge in [-0.15, -0.1) is 0 Å². The molecule has 5 heteroatoms. The van der Waals surface area contributed by atoms with Gasteiger partial charge in [0.2, 0.25) is 10.0 Å². The highest BCUT2D eigenvalue weighted by Crippen LogP contribution is 2.11. The van der Waals surface area contributed by atoms with E-state index in [-0.39, 0.29) is 5.75 Å². The Morgan fingerprint density at radius 1 is 0.920 bits per heavy atom. The van der Waals surface area contributed by atoms with Gasteiger partial charge in [-0.25, -0.2) is 8.42 Å². The fraction of sp³-hybridized carbons (Fsp3) is 0.400. The van der Waals surface area contributed by atoms with Crippen molar-refractivity contribution in [3.63, 3.8) is 0 Å². The Morgan fingerprint density at radius 3 is 2.12 bits per heavy atom. The van der Waals surface area contributed by atoms with Crippen LogP contribution in [0.2, 0.25) is 0 Å². The largest absolute Gasteiger partial charge is 0.329 e. The highest BCUT2D eigenvalue weighted by molar-refractivity contribution is 7.88. The third-order valence-corrected chi connectivity index (χ3v) is 6.60. The second-order valence-electron chi connectivity index (χ2n) is 7.06. The van der Waals surface area contributed by atoms with Gasteiger partial charge >= 0.3 is 0 Å². The summed E-state index contributed by atoms with van der Waals surface area (Å²) in [6.07, 6.45) is 0. The van der Waals surface area contributed by atoms with E-state index >= 15 is 0 Å². The van der Waals surface area contributed by atoms with Crippen LogP contribution in [0, 0.1) is 13.8 Å². The molecule has 2 aromatic rings. The summed E-state index contributed by atoms with van der Waals surface area (Å²) in [5.74, 6) is 0.0975. The fourth-order valence-corrected chi connectivity index (χ4v) is 5.13. The minimum absolute atomic E-state index is 0.0975. The number of nitrogens with zero attached hydrogens (tertiary/aromatic N) is 1. The minimum Gasteiger partial charge on any atom is -0.329 e. The van der Waals surface area contributed by atoms with Crippen LogP contribution in [0.25, 0.3) is 0 Å². The molecule has 4 nitrogen and oxygen atoms in total. The Hall–Kier alpha value is -1.69. The SMILES string of the molecule is Cc1cc(C)cc(C[NH+]2CCN(S(=O)(=O)Cc3ccccc3)CC2)c1. The minimum atomic E-state index is -3.23. The molecular formula is C20H27N2O2S+. The van der Waals surface area contributed by atoms with Crippen molar-refractivity contribution >= 4 is 10.0 Å². The molecule has 1 aliphatic heterocycles. The first-order valence-electron chi connectivity index (χ1n) is 8.85. The maximum Gasteiger partial charge on any atom is 0.218 e. The van der Waals surface area contributed by atoms with Gasteiger partial charge in [-0.05, 0) is 19.4 Å². The lowest BCUT2D eigenvalue weighted by molar-refractivity contribution is -0.917. The molecule has 0 radical (unpaired) electrons. The average Bonchev–Trinajstić information content (AvgIpc) is 2.55. The Balaban J connectivity index is 1.57. The van der Waals surface area contributed by atoms with Crippen molar-refractivity contribution in [3.05, 3.63) is 70.8 Å². The van der Waals surface area contributed by atoms with Crippen LogP contribution < -0.4 is 4.90 Å². The van der Waals surface area contributed by atoms with Crippen LogP contribution >= 0.6 is 0 Å². The third-order valence-electron chi connectivity index (χ3n) is 4.75. The van der Waals surface area contributed by atoms with Gasteiger partial charge in [-0.3, -0.25) is 0 Å². The zero-order valence-electron chi connectivity index (χ0n) is 15.0. The van der Waals surface area contributed by atoms with Crippen molar-refractivity contribution in [1.29, 1.82) is 0 Å². The zero-order chi connectivity index (χ0) is 17.9. The zero-order valence-corrected chi connectivity index (χ0v) is 15.8. The molecular weight excluding hydrogens is 332 g/mol. The van der Waals surface area contributed by atoms with Gasteiger partial charge in [0.15, 0.2) is 0 Å². The first kappa shape index (κ1) is 18.1. The molecule has 0 aliphatic carbocycles. The first-order valence-corrected chi connectivity index (χ1v) is 10.5. The lowest BCUT2D eigenvalue weighted by Gasteiger charge is -2.31. The van der Waals surface area contributed by atoms with E-state index in [1.165, 1.54) is 21.6 Å². The Labute approximate surface area is 151 Å². The summed E-state index contributed by atoms with van der Waals surface area (Å²) in [5.41, 5.74) is 4.78. The lowest BCUT2D eigenvalue weighted by atomic mass is 10.1. The Morgan fingerprint density at radius 2 is 1.52 bits per heavy atom. The number of rotatable bonds is 5. The molecule has 25 heavy (non-hydrogen) atoms. The number of hydrogen-bond acceptors (Lipinski definition) is 2.